The summed E-state index contributed by atoms with van der Waals surface area (Å²) in [4.78, 5) is 0. The van der Waals surface area contributed by atoms with E-state index >= 15 is 0 Å². The van der Waals surface area contributed by atoms with Crippen LogP contribution in [0.15, 0.2) is 12.2 Å². The molecule has 2 N–H and O–H groups in total. The van der Waals surface area contributed by atoms with Crippen LogP contribution in [0.4, 0.5) is 0 Å². The minimum absolute atomic E-state index is 0.227. The molecule has 0 aliphatic rings. The topological polar surface area (TPSA) is 24.1 Å². The molecule has 0 aromatic rings. The molecule has 0 atom stereocenters. The van der Waals surface area contributed by atoms with Crippen LogP contribution < -0.4 is 10.6 Å². The molecule has 12 heavy (non-hydrogen) atoms. The van der Waals surface area contributed by atoms with Crippen LogP contribution in [-0.4, -0.2) is 25.2 Å². The first-order valence-corrected chi connectivity index (χ1v) is 4.52. The van der Waals surface area contributed by atoms with Crippen molar-refractivity contribution >= 4 is 0 Å². The highest BCUT2D eigenvalue weighted by Crippen LogP contribution is 1.96. The largest absolute Gasteiger partial charge is 0.312 e. The van der Waals surface area contributed by atoms with Gasteiger partial charge in [0.2, 0.25) is 0 Å². The Morgan fingerprint density at radius 1 is 1.25 bits per heavy atom. The summed E-state index contributed by atoms with van der Waals surface area (Å²) in [5.74, 6) is 0. The lowest BCUT2D eigenvalue weighted by atomic mass is 10.1. The molecule has 72 valence electrons. The summed E-state index contributed by atoms with van der Waals surface area (Å²) in [6, 6.07) is 0. The van der Waals surface area contributed by atoms with Crippen LogP contribution in [0.3, 0.4) is 0 Å². The van der Waals surface area contributed by atoms with E-state index in [0.717, 1.165) is 19.6 Å². The summed E-state index contributed by atoms with van der Waals surface area (Å²) in [6.45, 7) is 15.3. The Labute approximate surface area is 76.4 Å². The SMILES string of the molecule is C=C(C)CNCCNC(C)(C)C. The lowest BCUT2D eigenvalue weighted by molar-refractivity contribution is 0.423. The minimum Gasteiger partial charge on any atom is -0.312 e. The number of hydrogen-bond donors (Lipinski definition) is 2. The van der Waals surface area contributed by atoms with Gasteiger partial charge in [-0.3, -0.25) is 0 Å². The third kappa shape index (κ3) is 9.66. The summed E-state index contributed by atoms with van der Waals surface area (Å²) >= 11 is 0. The van der Waals surface area contributed by atoms with Gasteiger partial charge < -0.3 is 10.6 Å². The van der Waals surface area contributed by atoms with Crippen molar-refractivity contribution in [1.29, 1.82) is 0 Å². The molecule has 0 saturated carbocycles. The molecule has 0 aromatic carbocycles. The highest BCUT2D eigenvalue weighted by molar-refractivity contribution is 4.90. The Balaban J connectivity index is 3.17. The molecule has 0 aliphatic carbocycles. The first-order chi connectivity index (χ1) is 5.42. The van der Waals surface area contributed by atoms with Crippen LogP contribution >= 0.6 is 0 Å². The maximum absolute atomic E-state index is 3.82. The zero-order chi connectivity index (χ0) is 9.61. The highest BCUT2D eigenvalue weighted by Gasteiger charge is 2.06. The second-order valence-electron chi connectivity index (χ2n) is 4.31. The van der Waals surface area contributed by atoms with Crippen molar-refractivity contribution in [3.05, 3.63) is 12.2 Å². The monoisotopic (exact) mass is 170 g/mol. The molecule has 0 aromatic heterocycles. The summed E-state index contributed by atoms with van der Waals surface area (Å²) in [6.07, 6.45) is 0. The lowest BCUT2D eigenvalue weighted by Gasteiger charge is -2.20. The fraction of sp³-hybridized carbons (Fsp3) is 0.800. The van der Waals surface area contributed by atoms with Gasteiger partial charge in [0, 0.05) is 25.2 Å². The van der Waals surface area contributed by atoms with Crippen LogP contribution in [0.5, 0.6) is 0 Å². The van der Waals surface area contributed by atoms with Crippen molar-refractivity contribution in [2.75, 3.05) is 19.6 Å². The fourth-order valence-corrected chi connectivity index (χ4v) is 0.828. The zero-order valence-corrected chi connectivity index (χ0v) is 8.83. The maximum Gasteiger partial charge on any atom is 0.0159 e. The molecule has 0 bridgehead atoms. The standard InChI is InChI=1S/C10H22N2/c1-9(2)8-11-6-7-12-10(3,4)5/h11-12H,1,6-8H2,2-5H3. The molecule has 0 spiro atoms. The Bertz CT molecular complexity index is 133. The number of rotatable bonds is 5. The van der Waals surface area contributed by atoms with E-state index in [1.54, 1.807) is 0 Å². The molecule has 0 amide bonds. The molecule has 2 nitrogen and oxygen atoms in total. The van der Waals surface area contributed by atoms with Crippen molar-refractivity contribution in [2.45, 2.75) is 33.2 Å². The fourth-order valence-electron chi connectivity index (χ4n) is 0.828. The van der Waals surface area contributed by atoms with Gasteiger partial charge in [0.05, 0.1) is 0 Å². The van der Waals surface area contributed by atoms with E-state index in [9.17, 15) is 0 Å². The Kier molecular flexibility index (Phi) is 5.18. The van der Waals surface area contributed by atoms with Gasteiger partial charge >= 0.3 is 0 Å². The second kappa shape index (κ2) is 5.33. The highest BCUT2D eigenvalue weighted by atomic mass is 15.0. The van der Waals surface area contributed by atoms with E-state index < -0.39 is 0 Å². The Morgan fingerprint density at radius 2 is 1.83 bits per heavy atom. The number of hydrogen-bond acceptors (Lipinski definition) is 2. The first-order valence-electron chi connectivity index (χ1n) is 4.52. The van der Waals surface area contributed by atoms with Gasteiger partial charge in [0.25, 0.3) is 0 Å². The van der Waals surface area contributed by atoms with Crippen LogP contribution in [0.1, 0.15) is 27.7 Å². The average molecular weight is 170 g/mol. The van der Waals surface area contributed by atoms with Gasteiger partial charge in [0.15, 0.2) is 0 Å². The van der Waals surface area contributed by atoms with Crippen LogP contribution in [-0.2, 0) is 0 Å². The van der Waals surface area contributed by atoms with Crippen molar-refractivity contribution in [1.82, 2.24) is 10.6 Å². The second-order valence-corrected chi connectivity index (χ2v) is 4.31. The molecule has 0 heterocycles. The lowest BCUT2D eigenvalue weighted by Crippen LogP contribution is -2.40. The third-order valence-corrected chi connectivity index (χ3v) is 1.38. The third-order valence-electron chi connectivity index (χ3n) is 1.38. The molecule has 0 aliphatic heterocycles. The predicted molar refractivity (Wildman–Crippen MR) is 55.4 cm³/mol. The zero-order valence-electron chi connectivity index (χ0n) is 8.83. The molecule has 0 unspecified atom stereocenters. The van der Waals surface area contributed by atoms with Gasteiger partial charge in [-0.2, -0.15) is 0 Å². The molecule has 0 rings (SSSR count). The van der Waals surface area contributed by atoms with Crippen molar-refractivity contribution in [2.24, 2.45) is 0 Å². The van der Waals surface area contributed by atoms with Crippen molar-refractivity contribution < 1.29 is 0 Å². The van der Waals surface area contributed by atoms with E-state index in [1.165, 1.54) is 5.57 Å². The van der Waals surface area contributed by atoms with Gasteiger partial charge in [-0.1, -0.05) is 12.2 Å². The van der Waals surface area contributed by atoms with Gasteiger partial charge in [-0.05, 0) is 27.7 Å². The normalized spacial score (nSPS) is 11.7. The summed E-state index contributed by atoms with van der Waals surface area (Å²) in [5, 5.41) is 6.70. The Morgan fingerprint density at radius 3 is 2.25 bits per heavy atom. The molecular weight excluding hydrogens is 148 g/mol. The smallest absolute Gasteiger partial charge is 0.0159 e. The van der Waals surface area contributed by atoms with Crippen molar-refractivity contribution in [3.63, 3.8) is 0 Å². The van der Waals surface area contributed by atoms with E-state index in [1.807, 2.05) is 6.92 Å². The Hall–Kier alpha value is -0.340. The summed E-state index contributed by atoms with van der Waals surface area (Å²) in [5.41, 5.74) is 1.41. The van der Waals surface area contributed by atoms with Crippen LogP contribution in [0, 0.1) is 0 Å². The molecule has 0 saturated heterocycles. The number of nitrogens with one attached hydrogen (secondary N) is 2. The van der Waals surface area contributed by atoms with E-state index in [0.29, 0.717) is 0 Å². The van der Waals surface area contributed by atoms with E-state index in [2.05, 4.69) is 38.0 Å². The quantitative estimate of drug-likeness (QED) is 0.483. The average Bonchev–Trinajstić information content (AvgIpc) is 1.83. The summed E-state index contributed by atoms with van der Waals surface area (Å²) < 4.78 is 0. The summed E-state index contributed by atoms with van der Waals surface area (Å²) in [7, 11) is 0. The van der Waals surface area contributed by atoms with Gasteiger partial charge in [-0.15, -0.1) is 0 Å². The van der Waals surface area contributed by atoms with Gasteiger partial charge in [0.1, 0.15) is 0 Å². The predicted octanol–water partition coefficient (Wildman–Crippen LogP) is 1.54. The molecule has 2 heteroatoms. The maximum atomic E-state index is 3.82. The first kappa shape index (κ1) is 11.7. The molecule has 0 radical (unpaired) electrons. The minimum atomic E-state index is 0.227. The van der Waals surface area contributed by atoms with E-state index in [4.69, 9.17) is 0 Å². The molecule has 0 fully saturated rings. The van der Waals surface area contributed by atoms with Gasteiger partial charge in [-0.25, -0.2) is 0 Å². The van der Waals surface area contributed by atoms with Crippen LogP contribution in [0.2, 0.25) is 0 Å². The van der Waals surface area contributed by atoms with E-state index in [-0.39, 0.29) is 5.54 Å². The molecular formula is C10H22N2. The van der Waals surface area contributed by atoms with Crippen LogP contribution in [0.25, 0.3) is 0 Å². The van der Waals surface area contributed by atoms with Crippen molar-refractivity contribution in [3.8, 4) is 0 Å².